The predicted octanol–water partition coefficient (Wildman–Crippen LogP) is 3.67. The second-order valence-corrected chi connectivity index (χ2v) is 5.56. The molecule has 1 N–H and O–H groups in total. The molecule has 1 heterocycles. The van der Waals surface area contributed by atoms with Crippen molar-refractivity contribution in [3.8, 4) is 5.75 Å². The predicted molar refractivity (Wildman–Crippen MR) is 87.1 cm³/mol. The van der Waals surface area contributed by atoms with Crippen LogP contribution in [0.15, 0.2) is 42.5 Å². The molecule has 4 nitrogen and oxygen atoms in total. The van der Waals surface area contributed by atoms with Gasteiger partial charge in [0.25, 0.3) is 5.91 Å². The highest BCUT2D eigenvalue weighted by Gasteiger charge is 2.16. The largest absolute Gasteiger partial charge is 0.491 e. The lowest BCUT2D eigenvalue weighted by molar-refractivity contribution is 0.0934. The average molecular weight is 298 g/mol. The number of hydrogen-bond acceptors (Lipinski definition) is 3. The number of carbonyl (C=O) groups excluding carboxylic acids is 1. The van der Waals surface area contributed by atoms with Gasteiger partial charge in [0.1, 0.15) is 11.4 Å². The van der Waals surface area contributed by atoms with Crippen LogP contribution in [0.2, 0.25) is 0 Å². The fourth-order valence-electron chi connectivity index (χ4n) is 2.22. The SMILES string of the molecule is Cc1cccc(C(=O)NC(C)c2ccccc2OC(C)C)n1. The van der Waals surface area contributed by atoms with Gasteiger partial charge in [0.15, 0.2) is 0 Å². The highest BCUT2D eigenvalue weighted by molar-refractivity contribution is 5.92. The van der Waals surface area contributed by atoms with Gasteiger partial charge in [0.05, 0.1) is 12.1 Å². The van der Waals surface area contributed by atoms with Gasteiger partial charge in [-0.25, -0.2) is 4.98 Å². The van der Waals surface area contributed by atoms with Gasteiger partial charge in [-0.3, -0.25) is 4.79 Å². The Morgan fingerprint density at radius 3 is 2.50 bits per heavy atom. The van der Waals surface area contributed by atoms with E-state index >= 15 is 0 Å². The summed E-state index contributed by atoms with van der Waals surface area (Å²) in [6, 6.07) is 13.0. The smallest absolute Gasteiger partial charge is 0.270 e. The zero-order chi connectivity index (χ0) is 16.1. The van der Waals surface area contributed by atoms with Crippen LogP contribution in [0, 0.1) is 6.92 Å². The van der Waals surface area contributed by atoms with E-state index in [1.54, 1.807) is 6.07 Å². The summed E-state index contributed by atoms with van der Waals surface area (Å²) in [5.74, 6) is 0.609. The van der Waals surface area contributed by atoms with Crippen LogP contribution < -0.4 is 10.1 Å². The minimum absolute atomic E-state index is 0.0856. The van der Waals surface area contributed by atoms with E-state index < -0.39 is 0 Å². The maximum absolute atomic E-state index is 12.3. The Morgan fingerprint density at radius 1 is 1.09 bits per heavy atom. The zero-order valence-electron chi connectivity index (χ0n) is 13.5. The first-order valence-corrected chi connectivity index (χ1v) is 7.47. The quantitative estimate of drug-likeness (QED) is 0.916. The summed E-state index contributed by atoms with van der Waals surface area (Å²) in [6.45, 7) is 7.77. The van der Waals surface area contributed by atoms with Gasteiger partial charge in [-0.05, 0) is 45.9 Å². The second-order valence-electron chi connectivity index (χ2n) is 5.56. The highest BCUT2D eigenvalue weighted by Crippen LogP contribution is 2.25. The van der Waals surface area contributed by atoms with Gasteiger partial charge in [0, 0.05) is 11.3 Å². The van der Waals surface area contributed by atoms with Crippen LogP contribution in [0.25, 0.3) is 0 Å². The van der Waals surface area contributed by atoms with E-state index in [9.17, 15) is 4.79 Å². The molecule has 0 bridgehead atoms. The van der Waals surface area contributed by atoms with Gasteiger partial charge in [-0.2, -0.15) is 0 Å². The molecule has 2 aromatic rings. The number of ether oxygens (including phenoxy) is 1. The molecule has 1 aromatic heterocycles. The fraction of sp³-hybridized carbons (Fsp3) is 0.333. The average Bonchev–Trinajstić information content (AvgIpc) is 2.47. The molecular formula is C18H22N2O2. The second kappa shape index (κ2) is 7.07. The molecule has 0 fully saturated rings. The lowest BCUT2D eigenvalue weighted by Crippen LogP contribution is -2.28. The van der Waals surface area contributed by atoms with Gasteiger partial charge in [-0.1, -0.05) is 24.3 Å². The van der Waals surface area contributed by atoms with Crippen LogP contribution in [0.3, 0.4) is 0 Å². The van der Waals surface area contributed by atoms with Crippen molar-refractivity contribution < 1.29 is 9.53 Å². The Labute approximate surface area is 131 Å². The monoisotopic (exact) mass is 298 g/mol. The van der Waals surface area contributed by atoms with Crippen LogP contribution in [0.4, 0.5) is 0 Å². The number of para-hydroxylation sites is 1. The maximum Gasteiger partial charge on any atom is 0.270 e. The molecule has 116 valence electrons. The summed E-state index contributed by atoms with van der Waals surface area (Å²) in [6.07, 6.45) is 0.0856. The number of pyridine rings is 1. The number of aryl methyl sites for hydroxylation is 1. The number of nitrogens with zero attached hydrogens (tertiary/aromatic N) is 1. The van der Waals surface area contributed by atoms with Crippen LogP contribution in [0.5, 0.6) is 5.75 Å². The summed E-state index contributed by atoms with van der Waals surface area (Å²) in [7, 11) is 0. The third-order valence-electron chi connectivity index (χ3n) is 3.22. The molecule has 4 heteroatoms. The number of aromatic nitrogens is 1. The highest BCUT2D eigenvalue weighted by atomic mass is 16.5. The number of benzene rings is 1. The first-order chi connectivity index (χ1) is 10.5. The molecule has 0 aliphatic carbocycles. The van der Waals surface area contributed by atoms with Crippen molar-refractivity contribution in [2.24, 2.45) is 0 Å². The van der Waals surface area contributed by atoms with Crippen molar-refractivity contribution in [2.45, 2.75) is 39.8 Å². The van der Waals surface area contributed by atoms with Gasteiger partial charge >= 0.3 is 0 Å². The van der Waals surface area contributed by atoms with E-state index in [-0.39, 0.29) is 18.1 Å². The summed E-state index contributed by atoms with van der Waals surface area (Å²) in [4.78, 5) is 16.5. The maximum atomic E-state index is 12.3. The van der Waals surface area contributed by atoms with Crippen LogP contribution >= 0.6 is 0 Å². The Morgan fingerprint density at radius 2 is 1.82 bits per heavy atom. The molecule has 0 aliphatic heterocycles. The van der Waals surface area contributed by atoms with Crippen molar-refractivity contribution in [3.63, 3.8) is 0 Å². The molecule has 1 unspecified atom stereocenters. The standard InChI is InChI=1S/C18H22N2O2/c1-12(2)22-17-11-6-5-9-15(17)14(4)20-18(21)16-10-7-8-13(3)19-16/h5-12,14H,1-4H3,(H,20,21). The van der Waals surface area contributed by atoms with Gasteiger partial charge in [-0.15, -0.1) is 0 Å². The molecular weight excluding hydrogens is 276 g/mol. The third kappa shape index (κ3) is 4.07. The summed E-state index contributed by atoms with van der Waals surface area (Å²) < 4.78 is 5.81. The van der Waals surface area contributed by atoms with Gasteiger partial charge < -0.3 is 10.1 Å². The van der Waals surface area contributed by atoms with E-state index in [1.165, 1.54) is 0 Å². The summed E-state index contributed by atoms with van der Waals surface area (Å²) >= 11 is 0. The topological polar surface area (TPSA) is 51.2 Å². The Bertz CT molecular complexity index is 653. The van der Waals surface area contributed by atoms with Crippen molar-refractivity contribution in [2.75, 3.05) is 0 Å². The first-order valence-electron chi connectivity index (χ1n) is 7.47. The van der Waals surface area contributed by atoms with E-state index in [2.05, 4.69) is 10.3 Å². The van der Waals surface area contributed by atoms with E-state index in [1.807, 2.05) is 64.1 Å². The fourth-order valence-corrected chi connectivity index (χ4v) is 2.22. The van der Waals surface area contributed by atoms with Crippen LogP contribution in [-0.2, 0) is 0 Å². The Hall–Kier alpha value is -2.36. The molecule has 0 saturated carbocycles. The molecule has 0 spiro atoms. The minimum Gasteiger partial charge on any atom is -0.491 e. The van der Waals surface area contributed by atoms with Crippen molar-refractivity contribution in [1.29, 1.82) is 0 Å². The van der Waals surface area contributed by atoms with Crippen molar-refractivity contribution in [3.05, 3.63) is 59.4 Å². The number of rotatable bonds is 5. The minimum atomic E-state index is -0.185. The molecule has 1 atom stereocenters. The van der Waals surface area contributed by atoms with Crippen molar-refractivity contribution >= 4 is 5.91 Å². The molecule has 0 aliphatic rings. The zero-order valence-corrected chi connectivity index (χ0v) is 13.5. The third-order valence-corrected chi connectivity index (χ3v) is 3.22. The molecule has 1 amide bonds. The Kier molecular flexibility index (Phi) is 5.15. The van der Waals surface area contributed by atoms with Crippen LogP contribution in [-0.4, -0.2) is 17.0 Å². The van der Waals surface area contributed by atoms with E-state index in [0.717, 1.165) is 17.0 Å². The molecule has 2 rings (SSSR count). The van der Waals surface area contributed by atoms with Gasteiger partial charge in [0.2, 0.25) is 0 Å². The van der Waals surface area contributed by atoms with E-state index in [4.69, 9.17) is 4.74 Å². The lowest BCUT2D eigenvalue weighted by Gasteiger charge is -2.19. The molecule has 22 heavy (non-hydrogen) atoms. The lowest BCUT2D eigenvalue weighted by atomic mass is 10.1. The summed E-state index contributed by atoms with van der Waals surface area (Å²) in [5.41, 5.74) is 2.20. The Balaban J connectivity index is 2.15. The van der Waals surface area contributed by atoms with Crippen molar-refractivity contribution in [1.82, 2.24) is 10.3 Å². The first kappa shape index (κ1) is 16.0. The molecule has 1 aromatic carbocycles. The number of amides is 1. The van der Waals surface area contributed by atoms with E-state index in [0.29, 0.717) is 5.69 Å². The number of hydrogen-bond donors (Lipinski definition) is 1. The molecule has 0 saturated heterocycles. The number of carbonyl (C=O) groups is 1. The summed E-state index contributed by atoms with van der Waals surface area (Å²) in [5, 5.41) is 2.97. The molecule has 0 radical (unpaired) electrons. The normalized spacial score (nSPS) is 12.0. The number of nitrogens with one attached hydrogen (secondary N) is 1. The van der Waals surface area contributed by atoms with Crippen LogP contribution in [0.1, 0.15) is 48.6 Å².